The van der Waals surface area contributed by atoms with Crippen molar-refractivity contribution in [2.75, 3.05) is 11.6 Å². The average Bonchev–Trinajstić information content (AvgIpc) is 2.56. The zero-order valence-corrected chi connectivity index (χ0v) is 15.9. The van der Waals surface area contributed by atoms with Crippen molar-refractivity contribution in [3.8, 4) is 0 Å². The summed E-state index contributed by atoms with van der Waals surface area (Å²) in [5.74, 6) is -1.11. The number of carbonyl (C=O) groups excluding carboxylic acids is 2. The third-order valence-electron chi connectivity index (χ3n) is 3.49. The fraction of sp³-hybridized carbons (Fsp3) is 0.235. The summed E-state index contributed by atoms with van der Waals surface area (Å²) < 4.78 is 28.4. The van der Waals surface area contributed by atoms with Crippen molar-refractivity contribution in [3.05, 3.63) is 52.7 Å². The number of nitrogens with zero attached hydrogens (tertiary/aromatic N) is 1. The molecule has 1 heterocycles. The number of rotatable bonds is 5. The number of carbonyl (C=O) groups is 2. The van der Waals surface area contributed by atoms with E-state index in [1.807, 2.05) is 0 Å². The molecule has 1 N–H and O–H groups in total. The molecule has 0 saturated carbocycles. The first kappa shape index (κ1) is 19.9. The Morgan fingerprint density at radius 2 is 1.92 bits per heavy atom. The number of ether oxygens (including phenoxy) is 1. The van der Waals surface area contributed by atoms with Gasteiger partial charge in [-0.1, -0.05) is 17.7 Å². The molecule has 1 atom stereocenters. The molecule has 138 valence electrons. The first-order valence-corrected chi connectivity index (χ1v) is 9.79. The molecular formula is C17H17ClN2O5S. The Hall–Kier alpha value is -2.45. The van der Waals surface area contributed by atoms with E-state index in [0.29, 0.717) is 10.6 Å². The highest BCUT2D eigenvalue weighted by molar-refractivity contribution is 7.90. The molecule has 0 bridgehead atoms. The number of anilines is 1. The van der Waals surface area contributed by atoms with Crippen LogP contribution >= 0.6 is 11.6 Å². The Kier molecular flexibility index (Phi) is 5.99. The molecule has 2 rings (SSSR count). The van der Waals surface area contributed by atoms with Gasteiger partial charge in [0.05, 0.1) is 15.5 Å². The van der Waals surface area contributed by atoms with Crippen LogP contribution in [0.3, 0.4) is 0 Å². The highest BCUT2D eigenvalue weighted by Crippen LogP contribution is 2.17. The summed E-state index contributed by atoms with van der Waals surface area (Å²) in [4.78, 5) is 28.4. The molecule has 0 aliphatic carbocycles. The molecule has 0 fully saturated rings. The van der Waals surface area contributed by atoms with Gasteiger partial charge in [0, 0.05) is 12.5 Å². The van der Waals surface area contributed by atoms with Gasteiger partial charge in [0.25, 0.3) is 5.91 Å². The van der Waals surface area contributed by atoms with Gasteiger partial charge in [-0.15, -0.1) is 0 Å². The Bertz CT molecular complexity index is 942. The maximum atomic E-state index is 12.3. The van der Waals surface area contributed by atoms with Crippen molar-refractivity contribution >= 4 is 39.1 Å². The normalized spacial score (nSPS) is 12.3. The number of aryl methyl sites for hydroxylation is 1. The van der Waals surface area contributed by atoms with Gasteiger partial charge in [0.1, 0.15) is 5.82 Å². The van der Waals surface area contributed by atoms with Gasteiger partial charge >= 0.3 is 5.97 Å². The third-order valence-corrected chi connectivity index (χ3v) is 4.82. The lowest BCUT2D eigenvalue weighted by Crippen LogP contribution is -2.30. The summed E-state index contributed by atoms with van der Waals surface area (Å²) in [6.45, 7) is 3.05. The Labute approximate surface area is 156 Å². The van der Waals surface area contributed by atoms with Crippen LogP contribution in [-0.4, -0.2) is 37.6 Å². The summed E-state index contributed by atoms with van der Waals surface area (Å²) in [5.41, 5.74) is 0.617. The van der Waals surface area contributed by atoms with Crippen molar-refractivity contribution < 1.29 is 22.7 Å². The van der Waals surface area contributed by atoms with Crippen LogP contribution in [0.4, 0.5) is 5.82 Å². The summed E-state index contributed by atoms with van der Waals surface area (Å²) in [5, 5.41) is 2.91. The van der Waals surface area contributed by atoms with E-state index in [1.54, 1.807) is 13.0 Å². The highest BCUT2D eigenvalue weighted by atomic mass is 35.5. The maximum Gasteiger partial charge on any atom is 0.339 e. The van der Waals surface area contributed by atoms with Crippen LogP contribution in [0.5, 0.6) is 0 Å². The zero-order valence-electron chi connectivity index (χ0n) is 14.3. The average molecular weight is 397 g/mol. The second-order valence-corrected chi connectivity index (χ2v) is 8.10. The van der Waals surface area contributed by atoms with Crippen LogP contribution in [0.2, 0.25) is 5.02 Å². The van der Waals surface area contributed by atoms with Crippen LogP contribution in [0.1, 0.15) is 22.8 Å². The van der Waals surface area contributed by atoms with E-state index in [2.05, 4.69) is 10.3 Å². The SMILES string of the molecule is Cc1ccc(S(C)(=O)=O)cc1C(=O)O[C@H](C)C(=O)Nc1ccc(Cl)cn1. The number of aromatic nitrogens is 1. The van der Waals surface area contributed by atoms with Crippen molar-refractivity contribution in [3.63, 3.8) is 0 Å². The number of hydrogen-bond acceptors (Lipinski definition) is 6. The van der Waals surface area contributed by atoms with E-state index in [1.165, 1.54) is 37.4 Å². The van der Waals surface area contributed by atoms with Crippen LogP contribution in [-0.2, 0) is 19.4 Å². The highest BCUT2D eigenvalue weighted by Gasteiger charge is 2.22. The summed E-state index contributed by atoms with van der Waals surface area (Å²) >= 11 is 5.72. The lowest BCUT2D eigenvalue weighted by atomic mass is 10.1. The number of sulfone groups is 1. The number of amides is 1. The Morgan fingerprint density at radius 3 is 2.50 bits per heavy atom. The van der Waals surface area contributed by atoms with Gasteiger partial charge in [-0.25, -0.2) is 18.2 Å². The monoisotopic (exact) mass is 396 g/mol. The predicted molar refractivity (Wildman–Crippen MR) is 97.0 cm³/mol. The zero-order chi connectivity index (χ0) is 19.5. The first-order chi connectivity index (χ1) is 12.1. The van der Waals surface area contributed by atoms with E-state index in [9.17, 15) is 18.0 Å². The molecule has 1 aromatic heterocycles. The Balaban J connectivity index is 2.11. The number of pyridine rings is 1. The minimum absolute atomic E-state index is 0.00230. The van der Waals surface area contributed by atoms with Gasteiger partial charge in [-0.3, -0.25) is 4.79 Å². The molecule has 1 aromatic carbocycles. The number of esters is 1. The second-order valence-electron chi connectivity index (χ2n) is 5.65. The van der Waals surface area contributed by atoms with Crippen LogP contribution in [0.15, 0.2) is 41.4 Å². The van der Waals surface area contributed by atoms with E-state index >= 15 is 0 Å². The molecule has 7 nitrogen and oxygen atoms in total. The molecule has 0 spiro atoms. The second kappa shape index (κ2) is 7.84. The number of hydrogen-bond donors (Lipinski definition) is 1. The van der Waals surface area contributed by atoms with Crippen molar-refractivity contribution in [1.82, 2.24) is 4.98 Å². The van der Waals surface area contributed by atoms with E-state index < -0.39 is 27.8 Å². The summed E-state index contributed by atoms with van der Waals surface area (Å²) in [7, 11) is -3.47. The fourth-order valence-corrected chi connectivity index (χ4v) is 2.77. The molecule has 0 radical (unpaired) electrons. The molecule has 2 aromatic rings. The molecule has 0 aliphatic heterocycles. The van der Waals surface area contributed by atoms with Crippen molar-refractivity contribution in [2.45, 2.75) is 24.8 Å². The standard InChI is InChI=1S/C17H17ClN2O5S/c1-10-4-6-13(26(3,23)24)8-14(10)17(22)25-11(2)16(21)20-15-7-5-12(18)9-19-15/h4-9,11H,1-3H3,(H,19,20,21)/t11-/m1/s1. The van der Waals surface area contributed by atoms with Gasteiger partial charge in [-0.2, -0.15) is 0 Å². The molecule has 9 heteroatoms. The number of benzene rings is 1. The van der Waals surface area contributed by atoms with Gasteiger partial charge in [0.15, 0.2) is 15.9 Å². The van der Waals surface area contributed by atoms with Crippen molar-refractivity contribution in [2.24, 2.45) is 0 Å². The van der Waals surface area contributed by atoms with Crippen molar-refractivity contribution in [1.29, 1.82) is 0 Å². The summed E-state index contributed by atoms with van der Waals surface area (Å²) in [6.07, 6.45) is 1.30. The Morgan fingerprint density at radius 1 is 1.23 bits per heavy atom. The lowest BCUT2D eigenvalue weighted by molar-refractivity contribution is -0.123. The van der Waals surface area contributed by atoms with E-state index in [4.69, 9.17) is 16.3 Å². The third kappa shape index (κ3) is 5.03. The minimum atomic E-state index is -3.47. The summed E-state index contributed by atoms with van der Waals surface area (Å²) in [6, 6.07) is 7.22. The first-order valence-electron chi connectivity index (χ1n) is 7.52. The molecule has 0 aliphatic rings. The van der Waals surface area contributed by atoms with Gasteiger partial charge < -0.3 is 10.1 Å². The van der Waals surface area contributed by atoms with Crippen LogP contribution in [0, 0.1) is 6.92 Å². The van der Waals surface area contributed by atoms with Gasteiger partial charge in [0.2, 0.25) is 0 Å². The topological polar surface area (TPSA) is 102 Å². The quantitative estimate of drug-likeness (QED) is 0.779. The van der Waals surface area contributed by atoms with E-state index in [0.717, 1.165) is 6.26 Å². The molecule has 26 heavy (non-hydrogen) atoms. The van der Waals surface area contributed by atoms with Gasteiger partial charge in [-0.05, 0) is 43.7 Å². The molecule has 0 unspecified atom stereocenters. The van der Waals surface area contributed by atoms with Crippen LogP contribution < -0.4 is 5.32 Å². The predicted octanol–water partition coefficient (Wildman–Crippen LogP) is 2.63. The lowest BCUT2D eigenvalue weighted by Gasteiger charge is -2.14. The minimum Gasteiger partial charge on any atom is -0.449 e. The maximum absolute atomic E-state index is 12.3. The number of halogens is 1. The molecule has 1 amide bonds. The molecule has 0 saturated heterocycles. The van der Waals surface area contributed by atoms with E-state index in [-0.39, 0.29) is 16.3 Å². The molecular weight excluding hydrogens is 380 g/mol. The van der Waals surface area contributed by atoms with Crippen LogP contribution in [0.25, 0.3) is 0 Å². The smallest absolute Gasteiger partial charge is 0.339 e. The largest absolute Gasteiger partial charge is 0.449 e. The fourth-order valence-electron chi connectivity index (χ4n) is 2.01. The number of nitrogens with one attached hydrogen (secondary N) is 1.